The van der Waals surface area contributed by atoms with Gasteiger partial charge < -0.3 is 5.11 Å². The zero-order chi connectivity index (χ0) is 18.7. The molecule has 9 nitrogen and oxygen atoms in total. The van der Waals surface area contributed by atoms with Crippen LogP contribution in [0.1, 0.15) is 5.56 Å². The molecule has 3 aromatic rings. The molecule has 0 aliphatic rings. The Morgan fingerprint density at radius 1 is 1.08 bits per heavy atom. The molecule has 130 valence electrons. The molecule has 26 heavy (non-hydrogen) atoms. The molecule has 0 aliphatic heterocycles. The molecule has 0 bridgehead atoms. The Morgan fingerprint density at radius 3 is 2.35 bits per heavy atom. The lowest BCUT2D eigenvalue weighted by atomic mass is 10.2. The number of nitrogens with one attached hydrogen (secondary N) is 1. The minimum atomic E-state index is -0.801. The monoisotopic (exact) mass is 352 g/mol. The predicted molar refractivity (Wildman–Crippen MR) is 94.7 cm³/mol. The van der Waals surface area contributed by atoms with Gasteiger partial charge in [0.1, 0.15) is 5.56 Å². The fourth-order valence-electron chi connectivity index (χ4n) is 2.27. The second kappa shape index (κ2) is 6.85. The van der Waals surface area contributed by atoms with E-state index in [4.69, 9.17) is 0 Å². The first-order valence-corrected chi connectivity index (χ1v) is 7.39. The fourth-order valence-corrected chi connectivity index (χ4v) is 2.27. The van der Waals surface area contributed by atoms with Crippen LogP contribution in [0.2, 0.25) is 0 Å². The van der Waals surface area contributed by atoms with Crippen molar-refractivity contribution < 1.29 is 10.0 Å². The first-order chi connectivity index (χ1) is 12.5. The number of hydrogen-bond acceptors (Lipinski definition) is 6. The predicted octanol–water partition coefficient (Wildman–Crippen LogP) is 1.89. The van der Waals surface area contributed by atoms with E-state index in [0.29, 0.717) is 11.4 Å². The van der Waals surface area contributed by atoms with Crippen LogP contribution in [0.25, 0.3) is 5.69 Å². The zero-order valence-corrected chi connectivity index (χ0v) is 13.2. The van der Waals surface area contributed by atoms with E-state index in [0.717, 1.165) is 10.8 Å². The van der Waals surface area contributed by atoms with Gasteiger partial charge in [-0.05, 0) is 24.3 Å². The lowest BCUT2D eigenvalue weighted by Crippen LogP contribution is -2.31. The average molecular weight is 352 g/mol. The maximum absolute atomic E-state index is 12.0. The average Bonchev–Trinajstić information content (AvgIpc) is 2.62. The van der Waals surface area contributed by atoms with Crippen LogP contribution in [0.4, 0.5) is 11.4 Å². The minimum Gasteiger partial charge on any atom is -0.493 e. The molecule has 0 amide bonds. The number of benzene rings is 2. The van der Waals surface area contributed by atoms with Crippen LogP contribution in [0.3, 0.4) is 0 Å². The van der Waals surface area contributed by atoms with Crippen LogP contribution in [-0.2, 0) is 0 Å². The summed E-state index contributed by atoms with van der Waals surface area (Å²) in [7, 11) is 0. The molecule has 0 radical (unpaired) electrons. The molecule has 0 saturated heterocycles. The molecule has 1 aromatic heterocycles. The standard InChI is InChI=1S/C17H12N4O5/c22-15-14(10-18-11-6-8-13(9-7-11)21(25)26)16(23)20(17(24)19-15)12-4-2-1-3-5-12/h1-10,23H,(H,19,22,24). The summed E-state index contributed by atoms with van der Waals surface area (Å²) in [5.74, 6) is -0.560. The quantitative estimate of drug-likeness (QED) is 0.420. The van der Waals surface area contributed by atoms with E-state index in [1.54, 1.807) is 30.3 Å². The Bertz CT molecular complexity index is 1100. The zero-order valence-electron chi connectivity index (χ0n) is 13.2. The lowest BCUT2D eigenvalue weighted by molar-refractivity contribution is -0.384. The third kappa shape index (κ3) is 3.26. The van der Waals surface area contributed by atoms with E-state index in [1.807, 2.05) is 0 Å². The lowest BCUT2D eigenvalue weighted by Gasteiger charge is -2.09. The molecule has 1 heterocycles. The number of non-ortho nitro benzene ring substituents is 1. The fraction of sp³-hybridized carbons (Fsp3) is 0. The third-order valence-corrected chi connectivity index (χ3v) is 3.54. The van der Waals surface area contributed by atoms with E-state index in [1.165, 1.54) is 24.3 Å². The van der Waals surface area contributed by atoms with Crippen LogP contribution >= 0.6 is 0 Å². The highest BCUT2D eigenvalue weighted by Gasteiger charge is 2.14. The Hall–Kier alpha value is -4.01. The van der Waals surface area contributed by atoms with E-state index < -0.39 is 22.1 Å². The summed E-state index contributed by atoms with van der Waals surface area (Å²) in [6.45, 7) is 0. The van der Waals surface area contributed by atoms with Crippen molar-refractivity contribution in [2.24, 2.45) is 4.99 Å². The number of hydrogen-bond donors (Lipinski definition) is 2. The maximum atomic E-state index is 12.0. The van der Waals surface area contributed by atoms with Gasteiger partial charge in [-0.2, -0.15) is 0 Å². The number of aromatic hydroxyl groups is 1. The van der Waals surface area contributed by atoms with E-state index in [2.05, 4.69) is 9.98 Å². The third-order valence-electron chi connectivity index (χ3n) is 3.54. The van der Waals surface area contributed by atoms with Gasteiger partial charge in [-0.15, -0.1) is 0 Å². The summed E-state index contributed by atoms with van der Waals surface area (Å²) in [4.78, 5) is 40.3. The number of nitro groups is 1. The maximum Gasteiger partial charge on any atom is 0.335 e. The summed E-state index contributed by atoms with van der Waals surface area (Å²) in [6.07, 6.45) is 1.09. The van der Waals surface area contributed by atoms with Crippen molar-refractivity contribution in [2.45, 2.75) is 0 Å². The van der Waals surface area contributed by atoms with Gasteiger partial charge in [0.05, 0.1) is 16.3 Å². The summed E-state index contributed by atoms with van der Waals surface area (Å²) in [5, 5.41) is 21.0. The molecular formula is C17H12N4O5. The summed E-state index contributed by atoms with van der Waals surface area (Å²) in [6, 6.07) is 13.6. The second-order valence-electron chi connectivity index (χ2n) is 5.20. The van der Waals surface area contributed by atoms with E-state index in [-0.39, 0.29) is 11.3 Å². The van der Waals surface area contributed by atoms with Gasteiger partial charge in [0.15, 0.2) is 0 Å². The van der Waals surface area contributed by atoms with Gasteiger partial charge in [-0.25, -0.2) is 9.36 Å². The number of aromatic nitrogens is 2. The van der Waals surface area contributed by atoms with Crippen molar-refractivity contribution in [3.05, 3.63) is 91.1 Å². The number of para-hydroxylation sites is 1. The van der Waals surface area contributed by atoms with Crippen molar-refractivity contribution >= 4 is 17.6 Å². The number of H-pyrrole nitrogens is 1. The summed E-state index contributed by atoms with van der Waals surface area (Å²) in [5.41, 5.74) is -1.19. The molecule has 9 heteroatoms. The van der Waals surface area contributed by atoms with Crippen molar-refractivity contribution in [1.82, 2.24) is 9.55 Å². The highest BCUT2D eigenvalue weighted by Crippen LogP contribution is 2.19. The highest BCUT2D eigenvalue weighted by atomic mass is 16.6. The topological polar surface area (TPSA) is 131 Å². The first-order valence-electron chi connectivity index (χ1n) is 7.39. The van der Waals surface area contributed by atoms with Gasteiger partial charge in [-0.1, -0.05) is 18.2 Å². The SMILES string of the molecule is O=c1[nH]c(=O)n(-c2ccccc2)c(O)c1C=Nc1ccc([N+](=O)[O-])cc1. The summed E-state index contributed by atoms with van der Waals surface area (Å²) >= 11 is 0. The van der Waals surface area contributed by atoms with Gasteiger partial charge >= 0.3 is 5.69 Å². The molecule has 2 N–H and O–H groups in total. The van der Waals surface area contributed by atoms with Crippen LogP contribution in [-0.4, -0.2) is 25.8 Å². The molecule has 2 aromatic carbocycles. The van der Waals surface area contributed by atoms with Crippen LogP contribution in [0, 0.1) is 10.1 Å². The van der Waals surface area contributed by atoms with Gasteiger partial charge in [0, 0.05) is 18.3 Å². The molecule has 0 saturated carbocycles. The molecular weight excluding hydrogens is 340 g/mol. The number of aliphatic imine (C=N–C) groups is 1. The van der Waals surface area contributed by atoms with Crippen LogP contribution in [0.15, 0.2) is 69.2 Å². The smallest absolute Gasteiger partial charge is 0.335 e. The number of nitro benzene ring substituents is 1. The number of rotatable bonds is 4. The minimum absolute atomic E-state index is 0.0951. The molecule has 0 unspecified atom stereocenters. The molecule has 0 aliphatic carbocycles. The van der Waals surface area contributed by atoms with Crippen LogP contribution < -0.4 is 11.2 Å². The first kappa shape index (κ1) is 16.8. The van der Waals surface area contributed by atoms with Crippen LogP contribution in [0.5, 0.6) is 5.88 Å². The Morgan fingerprint density at radius 2 is 1.73 bits per heavy atom. The van der Waals surface area contributed by atoms with E-state index >= 15 is 0 Å². The second-order valence-corrected chi connectivity index (χ2v) is 5.20. The summed E-state index contributed by atoms with van der Waals surface area (Å²) < 4.78 is 0.943. The Labute approximate surface area is 145 Å². The van der Waals surface area contributed by atoms with Gasteiger partial charge in [0.2, 0.25) is 5.88 Å². The molecule has 0 atom stereocenters. The number of nitrogens with zero attached hydrogens (tertiary/aromatic N) is 3. The molecule has 0 fully saturated rings. The molecule has 3 rings (SSSR count). The van der Waals surface area contributed by atoms with Crippen molar-refractivity contribution in [3.8, 4) is 11.6 Å². The molecule has 0 spiro atoms. The van der Waals surface area contributed by atoms with Crippen molar-refractivity contribution in [2.75, 3.05) is 0 Å². The van der Waals surface area contributed by atoms with Gasteiger partial charge in [-0.3, -0.25) is 24.9 Å². The Balaban J connectivity index is 2.04. The van der Waals surface area contributed by atoms with Crippen molar-refractivity contribution in [1.29, 1.82) is 0 Å². The van der Waals surface area contributed by atoms with Crippen molar-refractivity contribution in [3.63, 3.8) is 0 Å². The number of aromatic amines is 1. The Kier molecular flexibility index (Phi) is 4.44. The van der Waals surface area contributed by atoms with E-state index in [9.17, 15) is 24.8 Å². The van der Waals surface area contributed by atoms with Gasteiger partial charge in [0.25, 0.3) is 11.2 Å². The normalized spacial score (nSPS) is 10.9. The largest absolute Gasteiger partial charge is 0.493 e. The highest BCUT2D eigenvalue weighted by molar-refractivity contribution is 5.84.